The maximum absolute atomic E-state index is 5.92. The van der Waals surface area contributed by atoms with Crippen LogP contribution in [0.5, 0.6) is 0 Å². The molecule has 2 N–H and O–H groups in total. The van der Waals surface area contributed by atoms with Crippen LogP contribution in [0.15, 0.2) is 0 Å². The Hall–Kier alpha value is -0.0400. The van der Waals surface area contributed by atoms with E-state index in [4.69, 9.17) is 5.73 Å². The highest BCUT2D eigenvalue weighted by molar-refractivity contribution is 4.89. The predicted octanol–water partition coefficient (Wildman–Crippen LogP) is 1.52. The monoisotopic (exact) mass is 113 g/mol. The van der Waals surface area contributed by atoms with Gasteiger partial charge in [0, 0.05) is 5.54 Å². The fourth-order valence-corrected chi connectivity index (χ4v) is 1.37. The minimum atomic E-state index is 0.153. The summed E-state index contributed by atoms with van der Waals surface area (Å²) in [7, 11) is 0. The van der Waals surface area contributed by atoms with Gasteiger partial charge in [-0.2, -0.15) is 0 Å². The van der Waals surface area contributed by atoms with Crippen LogP contribution in [0.4, 0.5) is 0 Å². The van der Waals surface area contributed by atoms with E-state index < -0.39 is 0 Å². The minimum Gasteiger partial charge on any atom is -0.325 e. The van der Waals surface area contributed by atoms with Crippen molar-refractivity contribution in [3.8, 4) is 0 Å². The molecule has 1 heteroatoms. The molecule has 0 aromatic carbocycles. The van der Waals surface area contributed by atoms with Gasteiger partial charge in [-0.1, -0.05) is 13.3 Å². The molecule has 8 heavy (non-hydrogen) atoms. The topological polar surface area (TPSA) is 26.0 Å². The molecule has 0 heterocycles. The summed E-state index contributed by atoms with van der Waals surface area (Å²) in [4.78, 5) is 0. The van der Waals surface area contributed by atoms with Crippen molar-refractivity contribution in [3.63, 3.8) is 0 Å². The maximum atomic E-state index is 5.92. The summed E-state index contributed by atoms with van der Waals surface area (Å²) >= 11 is 0. The zero-order chi connectivity index (χ0) is 6.20. The summed E-state index contributed by atoms with van der Waals surface area (Å²) in [5, 5.41) is 0. The molecule has 0 unspecified atom stereocenters. The molecular weight excluding hydrogens is 98.1 g/mol. The summed E-state index contributed by atoms with van der Waals surface area (Å²) in [6.45, 7) is 4.40. The normalized spacial score (nSPS) is 47.6. The predicted molar refractivity (Wildman–Crippen MR) is 35.6 cm³/mol. The summed E-state index contributed by atoms with van der Waals surface area (Å²) in [5.74, 6) is 0.738. The SMILES string of the molecule is C[C@H]1CCC[C@@]1(C)N. The molecule has 0 aliphatic heterocycles. The fourth-order valence-electron chi connectivity index (χ4n) is 1.37. The van der Waals surface area contributed by atoms with Crippen LogP contribution in [-0.2, 0) is 0 Å². The Morgan fingerprint density at radius 2 is 2.25 bits per heavy atom. The highest BCUT2D eigenvalue weighted by Crippen LogP contribution is 2.32. The van der Waals surface area contributed by atoms with Gasteiger partial charge < -0.3 is 5.73 Å². The maximum Gasteiger partial charge on any atom is 0.0151 e. The molecule has 1 saturated carbocycles. The summed E-state index contributed by atoms with van der Waals surface area (Å²) in [6, 6.07) is 0. The second-order valence-corrected chi connectivity index (χ2v) is 3.30. The van der Waals surface area contributed by atoms with Gasteiger partial charge in [0.15, 0.2) is 0 Å². The van der Waals surface area contributed by atoms with Crippen LogP contribution in [-0.4, -0.2) is 5.54 Å². The van der Waals surface area contributed by atoms with Crippen molar-refractivity contribution in [1.29, 1.82) is 0 Å². The van der Waals surface area contributed by atoms with E-state index in [1.54, 1.807) is 0 Å². The molecule has 0 aromatic rings. The first kappa shape index (κ1) is 6.09. The van der Waals surface area contributed by atoms with Crippen molar-refractivity contribution in [2.75, 3.05) is 0 Å². The number of hydrogen-bond donors (Lipinski definition) is 1. The minimum absolute atomic E-state index is 0.153. The molecule has 1 fully saturated rings. The molecule has 0 saturated heterocycles. The van der Waals surface area contributed by atoms with Crippen molar-refractivity contribution >= 4 is 0 Å². The first-order valence-electron chi connectivity index (χ1n) is 3.42. The summed E-state index contributed by atoms with van der Waals surface area (Å²) in [5.41, 5.74) is 6.07. The van der Waals surface area contributed by atoms with E-state index in [1.165, 1.54) is 19.3 Å². The van der Waals surface area contributed by atoms with E-state index in [0.717, 1.165) is 5.92 Å². The highest BCUT2D eigenvalue weighted by Gasteiger charge is 2.30. The zero-order valence-electron chi connectivity index (χ0n) is 5.78. The molecule has 2 atom stereocenters. The lowest BCUT2D eigenvalue weighted by Crippen LogP contribution is -2.38. The van der Waals surface area contributed by atoms with E-state index >= 15 is 0 Å². The molecule has 1 aliphatic carbocycles. The Labute approximate surface area is 51.3 Å². The molecule has 0 bridgehead atoms. The van der Waals surface area contributed by atoms with Crippen LogP contribution >= 0.6 is 0 Å². The third-order valence-corrected chi connectivity index (χ3v) is 2.48. The average molecular weight is 113 g/mol. The molecular formula is C7H15N. The summed E-state index contributed by atoms with van der Waals surface area (Å²) < 4.78 is 0. The molecule has 0 amide bonds. The van der Waals surface area contributed by atoms with Gasteiger partial charge in [-0.25, -0.2) is 0 Å². The third-order valence-electron chi connectivity index (χ3n) is 2.48. The van der Waals surface area contributed by atoms with E-state index in [9.17, 15) is 0 Å². The highest BCUT2D eigenvalue weighted by atomic mass is 14.7. The van der Waals surface area contributed by atoms with Crippen LogP contribution in [0.1, 0.15) is 33.1 Å². The number of nitrogens with two attached hydrogens (primary N) is 1. The first-order chi connectivity index (χ1) is 3.63. The Morgan fingerprint density at radius 3 is 2.38 bits per heavy atom. The van der Waals surface area contributed by atoms with E-state index in [0.29, 0.717) is 0 Å². The van der Waals surface area contributed by atoms with Gasteiger partial charge >= 0.3 is 0 Å². The fraction of sp³-hybridized carbons (Fsp3) is 1.00. The largest absolute Gasteiger partial charge is 0.325 e. The van der Waals surface area contributed by atoms with Crippen LogP contribution < -0.4 is 5.73 Å². The van der Waals surface area contributed by atoms with Crippen LogP contribution in [0.3, 0.4) is 0 Å². The quantitative estimate of drug-likeness (QED) is 0.506. The molecule has 1 nitrogen and oxygen atoms in total. The van der Waals surface area contributed by atoms with Crippen molar-refractivity contribution in [2.24, 2.45) is 11.7 Å². The standard InChI is InChI=1S/C7H15N/c1-6-4-3-5-7(6,2)8/h6H,3-5,8H2,1-2H3/t6-,7+/m0/s1. The molecule has 0 radical (unpaired) electrons. The molecule has 1 rings (SSSR count). The third kappa shape index (κ3) is 0.873. The lowest BCUT2D eigenvalue weighted by atomic mass is 9.92. The Kier molecular flexibility index (Phi) is 1.31. The van der Waals surface area contributed by atoms with Crippen molar-refractivity contribution in [1.82, 2.24) is 0 Å². The lowest BCUT2D eigenvalue weighted by Gasteiger charge is -2.22. The average Bonchev–Trinajstić information content (AvgIpc) is 1.86. The van der Waals surface area contributed by atoms with E-state index in [1.807, 2.05) is 0 Å². The van der Waals surface area contributed by atoms with Crippen LogP contribution in [0.2, 0.25) is 0 Å². The van der Waals surface area contributed by atoms with Gasteiger partial charge in [0.2, 0.25) is 0 Å². The number of hydrogen-bond acceptors (Lipinski definition) is 1. The van der Waals surface area contributed by atoms with Gasteiger partial charge in [-0.15, -0.1) is 0 Å². The zero-order valence-corrected chi connectivity index (χ0v) is 5.78. The van der Waals surface area contributed by atoms with Crippen molar-refractivity contribution in [3.05, 3.63) is 0 Å². The molecule has 1 aliphatic rings. The Bertz CT molecular complexity index is 86.4. The smallest absolute Gasteiger partial charge is 0.0151 e. The van der Waals surface area contributed by atoms with Gasteiger partial charge in [0.05, 0.1) is 0 Å². The Balaban J connectivity index is 2.54. The lowest BCUT2D eigenvalue weighted by molar-refractivity contribution is 0.373. The van der Waals surface area contributed by atoms with Gasteiger partial charge in [-0.05, 0) is 25.7 Å². The molecule has 48 valence electrons. The summed E-state index contributed by atoms with van der Waals surface area (Å²) in [6.07, 6.45) is 3.87. The van der Waals surface area contributed by atoms with Gasteiger partial charge in [0.1, 0.15) is 0 Å². The number of rotatable bonds is 0. The molecule has 0 spiro atoms. The van der Waals surface area contributed by atoms with Crippen LogP contribution in [0.25, 0.3) is 0 Å². The van der Waals surface area contributed by atoms with Crippen molar-refractivity contribution in [2.45, 2.75) is 38.6 Å². The van der Waals surface area contributed by atoms with Crippen molar-refractivity contribution < 1.29 is 0 Å². The molecule has 0 aromatic heterocycles. The Morgan fingerprint density at radius 1 is 1.62 bits per heavy atom. The van der Waals surface area contributed by atoms with Crippen LogP contribution in [0, 0.1) is 5.92 Å². The second kappa shape index (κ2) is 1.73. The van der Waals surface area contributed by atoms with Gasteiger partial charge in [0.25, 0.3) is 0 Å². The van der Waals surface area contributed by atoms with E-state index in [-0.39, 0.29) is 5.54 Å². The van der Waals surface area contributed by atoms with E-state index in [2.05, 4.69) is 13.8 Å². The first-order valence-corrected chi connectivity index (χ1v) is 3.42. The second-order valence-electron chi connectivity index (χ2n) is 3.30. The van der Waals surface area contributed by atoms with Gasteiger partial charge in [-0.3, -0.25) is 0 Å².